The molecule has 0 amide bonds. The van der Waals surface area contributed by atoms with Gasteiger partial charge in [0.1, 0.15) is 11.9 Å². The number of nitrogen functional groups attached to an aromatic ring is 1. The van der Waals surface area contributed by atoms with E-state index < -0.39 is 0 Å². The fourth-order valence-corrected chi connectivity index (χ4v) is 1.80. The molecule has 1 unspecified atom stereocenters. The van der Waals surface area contributed by atoms with Gasteiger partial charge in [0.2, 0.25) is 0 Å². The number of hydrogen-bond donors (Lipinski definition) is 3. The fourth-order valence-electron chi connectivity index (χ4n) is 1.80. The van der Waals surface area contributed by atoms with E-state index in [9.17, 15) is 0 Å². The molecule has 0 aliphatic rings. The molecular formula is C12H16N6. The molecule has 6 nitrogen and oxygen atoms in total. The van der Waals surface area contributed by atoms with E-state index in [2.05, 4.69) is 20.4 Å². The first-order valence-corrected chi connectivity index (χ1v) is 5.59. The molecule has 2 aromatic rings. The van der Waals surface area contributed by atoms with Crippen LogP contribution in [-0.4, -0.2) is 15.0 Å². The van der Waals surface area contributed by atoms with E-state index in [4.69, 9.17) is 11.6 Å². The number of pyridine rings is 1. The molecular weight excluding hydrogens is 228 g/mol. The maximum Gasteiger partial charge on any atom is 0.151 e. The minimum Gasteiger partial charge on any atom is -0.383 e. The number of nitrogens with two attached hydrogens (primary N) is 2. The van der Waals surface area contributed by atoms with Gasteiger partial charge in [0.25, 0.3) is 0 Å². The van der Waals surface area contributed by atoms with E-state index in [1.165, 1.54) is 0 Å². The maximum atomic E-state index is 5.90. The molecule has 0 aliphatic carbocycles. The van der Waals surface area contributed by atoms with E-state index in [0.29, 0.717) is 11.6 Å². The van der Waals surface area contributed by atoms with E-state index in [1.807, 2.05) is 19.9 Å². The number of rotatable bonds is 3. The summed E-state index contributed by atoms with van der Waals surface area (Å²) in [4.78, 5) is 12.6. The zero-order valence-corrected chi connectivity index (χ0v) is 10.4. The summed E-state index contributed by atoms with van der Waals surface area (Å²) in [5.41, 5.74) is 11.4. The van der Waals surface area contributed by atoms with Crippen molar-refractivity contribution in [2.24, 2.45) is 5.84 Å². The van der Waals surface area contributed by atoms with Gasteiger partial charge in [-0.25, -0.2) is 20.4 Å². The van der Waals surface area contributed by atoms with Crippen molar-refractivity contribution in [2.75, 3.05) is 5.73 Å². The first-order valence-electron chi connectivity index (χ1n) is 5.59. The Labute approximate surface area is 105 Å². The Morgan fingerprint density at radius 3 is 2.39 bits per heavy atom. The molecule has 0 fully saturated rings. The third-order valence-electron chi connectivity index (χ3n) is 2.75. The highest BCUT2D eigenvalue weighted by molar-refractivity contribution is 5.48. The second-order valence-corrected chi connectivity index (χ2v) is 4.15. The summed E-state index contributed by atoms with van der Waals surface area (Å²) in [6.45, 7) is 3.88. The summed E-state index contributed by atoms with van der Waals surface area (Å²) >= 11 is 0. The van der Waals surface area contributed by atoms with Gasteiger partial charge in [-0.05, 0) is 31.0 Å². The van der Waals surface area contributed by atoms with Crippen molar-refractivity contribution in [3.05, 3.63) is 47.2 Å². The molecule has 0 aliphatic heterocycles. The molecule has 0 saturated carbocycles. The summed E-state index contributed by atoms with van der Waals surface area (Å²) < 4.78 is 0. The molecule has 2 rings (SSSR count). The van der Waals surface area contributed by atoms with Crippen molar-refractivity contribution in [3.63, 3.8) is 0 Å². The topological polar surface area (TPSA) is 103 Å². The number of hydrazine groups is 1. The third-order valence-corrected chi connectivity index (χ3v) is 2.75. The second kappa shape index (κ2) is 5.07. The number of nitrogens with one attached hydrogen (secondary N) is 1. The number of aromatic nitrogens is 3. The van der Waals surface area contributed by atoms with Gasteiger partial charge in [-0.3, -0.25) is 5.84 Å². The lowest BCUT2D eigenvalue weighted by Crippen LogP contribution is -2.31. The number of aryl methyl sites for hydroxylation is 2. The van der Waals surface area contributed by atoms with Gasteiger partial charge in [-0.2, -0.15) is 0 Å². The van der Waals surface area contributed by atoms with Gasteiger partial charge in [-0.15, -0.1) is 0 Å². The lowest BCUT2D eigenvalue weighted by Gasteiger charge is -2.18. The highest BCUT2D eigenvalue weighted by Gasteiger charge is 2.20. The van der Waals surface area contributed by atoms with Gasteiger partial charge in [-0.1, -0.05) is 0 Å². The van der Waals surface area contributed by atoms with Crippen LogP contribution >= 0.6 is 0 Å². The van der Waals surface area contributed by atoms with Gasteiger partial charge < -0.3 is 5.73 Å². The summed E-state index contributed by atoms with van der Waals surface area (Å²) in [5.74, 6) is 6.61. The predicted molar refractivity (Wildman–Crippen MR) is 69.3 cm³/mol. The Hall–Kier alpha value is -2.05. The van der Waals surface area contributed by atoms with E-state index in [-0.39, 0.29) is 6.04 Å². The van der Waals surface area contributed by atoms with Crippen molar-refractivity contribution < 1.29 is 0 Å². The third kappa shape index (κ3) is 2.29. The lowest BCUT2D eigenvalue weighted by molar-refractivity contribution is 0.598. The van der Waals surface area contributed by atoms with Crippen LogP contribution in [0, 0.1) is 13.8 Å². The monoisotopic (exact) mass is 244 g/mol. The maximum absolute atomic E-state index is 5.90. The van der Waals surface area contributed by atoms with Crippen LogP contribution in [0.3, 0.4) is 0 Å². The van der Waals surface area contributed by atoms with E-state index in [0.717, 1.165) is 16.7 Å². The SMILES string of the molecule is Cc1cnc(C(NN)c2c(C)ccnc2N)nc1. The van der Waals surface area contributed by atoms with Gasteiger partial charge in [0, 0.05) is 24.2 Å². The second-order valence-electron chi connectivity index (χ2n) is 4.15. The predicted octanol–water partition coefficient (Wildman–Crippen LogP) is 0.623. The fraction of sp³-hybridized carbons (Fsp3) is 0.250. The zero-order valence-electron chi connectivity index (χ0n) is 10.4. The molecule has 0 radical (unpaired) electrons. The Balaban J connectivity index is 2.48. The Kier molecular flexibility index (Phi) is 3.50. The number of nitrogens with zero attached hydrogens (tertiary/aromatic N) is 3. The van der Waals surface area contributed by atoms with Crippen LogP contribution in [0.5, 0.6) is 0 Å². The Bertz CT molecular complexity index is 517. The van der Waals surface area contributed by atoms with Crippen molar-refractivity contribution in [2.45, 2.75) is 19.9 Å². The smallest absolute Gasteiger partial charge is 0.151 e. The van der Waals surface area contributed by atoms with Crippen LogP contribution in [-0.2, 0) is 0 Å². The van der Waals surface area contributed by atoms with Gasteiger partial charge >= 0.3 is 0 Å². The molecule has 0 spiro atoms. The molecule has 2 heterocycles. The quantitative estimate of drug-likeness (QED) is 0.540. The van der Waals surface area contributed by atoms with Crippen molar-refractivity contribution >= 4 is 5.82 Å². The molecule has 2 aromatic heterocycles. The molecule has 0 bridgehead atoms. The van der Waals surface area contributed by atoms with E-state index >= 15 is 0 Å². The van der Waals surface area contributed by atoms with Crippen LogP contribution in [0.4, 0.5) is 5.82 Å². The molecule has 94 valence electrons. The average molecular weight is 244 g/mol. The van der Waals surface area contributed by atoms with Crippen LogP contribution in [0.25, 0.3) is 0 Å². The Morgan fingerprint density at radius 2 is 1.83 bits per heavy atom. The largest absolute Gasteiger partial charge is 0.383 e. The van der Waals surface area contributed by atoms with Gasteiger partial charge in [0.05, 0.1) is 0 Å². The lowest BCUT2D eigenvalue weighted by atomic mass is 10.0. The summed E-state index contributed by atoms with van der Waals surface area (Å²) in [5, 5.41) is 0. The van der Waals surface area contributed by atoms with E-state index in [1.54, 1.807) is 18.6 Å². The average Bonchev–Trinajstić information content (AvgIpc) is 2.35. The van der Waals surface area contributed by atoms with Crippen LogP contribution in [0.15, 0.2) is 24.7 Å². The minimum absolute atomic E-state index is 0.362. The zero-order chi connectivity index (χ0) is 13.1. The molecule has 1 atom stereocenters. The summed E-state index contributed by atoms with van der Waals surface area (Å²) in [6.07, 6.45) is 5.15. The standard InChI is InChI=1S/C12H16N6/c1-7-5-16-12(17-6-7)10(18-14)9-8(2)3-4-15-11(9)13/h3-6,10,18H,14H2,1-2H3,(H2,13,15). The normalized spacial score (nSPS) is 12.4. The van der Waals surface area contributed by atoms with Crippen LogP contribution in [0.1, 0.15) is 28.6 Å². The molecule has 5 N–H and O–H groups in total. The highest BCUT2D eigenvalue weighted by atomic mass is 15.2. The number of anilines is 1. The van der Waals surface area contributed by atoms with Crippen molar-refractivity contribution in [3.8, 4) is 0 Å². The summed E-state index contributed by atoms with van der Waals surface area (Å²) in [6, 6.07) is 1.52. The Morgan fingerprint density at radius 1 is 1.17 bits per heavy atom. The van der Waals surface area contributed by atoms with Crippen LogP contribution in [0.2, 0.25) is 0 Å². The minimum atomic E-state index is -0.362. The molecule has 0 saturated heterocycles. The van der Waals surface area contributed by atoms with Crippen molar-refractivity contribution in [1.82, 2.24) is 20.4 Å². The molecule has 6 heteroatoms. The van der Waals surface area contributed by atoms with Gasteiger partial charge in [0.15, 0.2) is 5.82 Å². The first-order chi connectivity index (χ1) is 8.63. The summed E-state index contributed by atoms with van der Waals surface area (Å²) in [7, 11) is 0. The van der Waals surface area contributed by atoms with Crippen LogP contribution < -0.4 is 17.0 Å². The highest BCUT2D eigenvalue weighted by Crippen LogP contribution is 2.25. The first kappa shape index (κ1) is 12.4. The molecule has 0 aromatic carbocycles. The number of hydrogen-bond acceptors (Lipinski definition) is 6. The van der Waals surface area contributed by atoms with Crippen molar-refractivity contribution in [1.29, 1.82) is 0 Å². The molecule has 18 heavy (non-hydrogen) atoms.